The molecule has 0 aromatic rings. The Kier molecular flexibility index (Phi) is 64.7. The summed E-state index contributed by atoms with van der Waals surface area (Å²) in [6.07, 6.45) is 87.9. The van der Waals surface area contributed by atoms with Gasteiger partial charge >= 0.3 is 17.9 Å². The molecule has 0 aliphatic heterocycles. The van der Waals surface area contributed by atoms with Crippen LogP contribution in [0.4, 0.5) is 0 Å². The van der Waals surface area contributed by atoms with Gasteiger partial charge in [0.25, 0.3) is 0 Å². The Hall–Kier alpha value is -3.15. The first-order chi connectivity index (χ1) is 39.0. The van der Waals surface area contributed by atoms with E-state index in [0.29, 0.717) is 19.3 Å². The number of esters is 3. The molecule has 0 radical (unpaired) electrons. The highest BCUT2D eigenvalue weighted by Gasteiger charge is 2.19. The molecule has 0 amide bonds. The van der Waals surface area contributed by atoms with Gasteiger partial charge in [-0.2, -0.15) is 0 Å². The van der Waals surface area contributed by atoms with Crippen LogP contribution in [0.1, 0.15) is 355 Å². The zero-order valence-electron chi connectivity index (χ0n) is 52.6. The summed E-state index contributed by atoms with van der Waals surface area (Å²) in [6.45, 7) is 6.52. The van der Waals surface area contributed by atoms with Crippen LogP contribution in [0.5, 0.6) is 0 Å². The van der Waals surface area contributed by atoms with Gasteiger partial charge in [0.05, 0.1) is 0 Å². The third-order valence-corrected chi connectivity index (χ3v) is 15.2. The fourth-order valence-electron chi connectivity index (χ4n) is 10.1. The molecule has 0 spiro atoms. The van der Waals surface area contributed by atoms with Gasteiger partial charge < -0.3 is 14.2 Å². The second kappa shape index (κ2) is 67.4. The first-order valence-corrected chi connectivity index (χ1v) is 34.4. The first kappa shape index (κ1) is 75.8. The summed E-state index contributed by atoms with van der Waals surface area (Å²) in [7, 11) is 0. The lowest BCUT2D eigenvalue weighted by atomic mass is 10.0. The van der Waals surface area contributed by atoms with Crippen LogP contribution in [0.25, 0.3) is 0 Å². The number of rotatable bonds is 63. The molecule has 79 heavy (non-hydrogen) atoms. The number of allylic oxidation sites excluding steroid dienone is 12. The lowest BCUT2D eigenvalue weighted by molar-refractivity contribution is -0.167. The van der Waals surface area contributed by atoms with Gasteiger partial charge in [0, 0.05) is 19.3 Å². The Bertz CT molecular complexity index is 1450. The van der Waals surface area contributed by atoms with Gasteiger partial charge in [-0.3, -0.25) is 14.4 Å². The van der Waals surface area contributed by atoms with Crippen molar-refractivity contribution in [1.29, 1.82) is 0 Å². The maximum atomic E-state index is 12.9. The molecule has 1 unspecified atom stereocenters. The zero-order chi connectivity index (χ0) is 57.1. The van der Waals surface area contributed by atoms with Crippen molar-refractivity contribution in [3.63, 3.8) is 0 Å². The molecule has 0 aliphatic rings. The largest absolute Gasteiger partial charge is 0.462 e. The quantitative estimate of drug-likeness (QED) is 0.0261. The summed E-state index contributed by atoms with van der Waals surface area (Å²) in [5.41, 5.74) is 0. The highest BCUT2D eigenvalue weighted by molar-refractivity contribution is 5.71. The van der Waals surface area contributed by atoms with Gasteiger partial charge in [-0.05, 0) is 89.9 Å². The predicted octanol–water partition coefficient (Wildman–Crippen LogP) is 23.7. The van der Waals surface area contributed by atoms with Crippen molar-refractivity contribution < 1.29 is 28.6 Å². The van der Waals surface area contributed by atoms with Crippen molar-refractivity contribution >= 4 is 17.9 Å². The van der Waals surface area contributed by atoms with Crippen molar-refractivity contribution in [3.05, 3.63) is 72.9 Å². The summed E-state index contributed by atoms with van der Waals surface area (Å²) in [5.74, 6) is -0.909. The van der Waals surface area contributed by atoms with Crippen molar-refractivity contribution in [3.8, 4) is 0 Å². The normalized spacial score (nSPS) is 12.5. The second-order valence-electron chi connectivity index (χ2n) is 23.1. The van der Waals surface area contributed by atoms with Crippen LogP contribution in [-0.4, -0.2) is 37.2 Å². The second-order valence-corrected chi connectivity index (χ2v) is 23.1. The summed E-state index contributed by atoms with van der Waals surface area (Å²) < 4.78 is 16.9. The molecule has 0 N–H and O–H groups in total. The van der Waals surface area contributed by atoms with Gasteiger partial charge in [0.2, 0.25) is 0 Å². The van der Waals surface area contributed by atoms with Crippen LogP contribution < -0.4 is 0 Å². The average molecular weight is 1100 g/mol. The minimum Gasteiger partial charge on any atom is -0.462 e. The minimum absolute atomic E-state index is 0.0873. The molecule has 0 aliphatic carbocycles. The smallest absolute Gasteiger partial charge is 0.306 e. The number of unbranched alkanes of at least 4 members (excludes halogenated alkanes) is 40. The van der Waals surface area contributed by atoms with E-state index in [2.05, 4.69) is 93.7 Å². The molecule has 0 saturated carbocycles. The molecule has 0 saturated heterocycles. The third-order valence-electron chi connectivity index (χ3n) is 15.2. The molecule has 458 valence electrons. The Morgan fingerprint density at radius 2 is 0.494 bits per heavy atom. The number of ether oxygens (including phenoxy) is 3. The van der Waals surface area contributed by atoms with Crippen molar-refractivity contribution in [2.24, 2.45) is 0 Å². The monoisotopic (exact) mass is 1100 g/mol. The molecule has 0 bridgehead atoms. The van der Waals surface area contributed by atoms with E-state index in [-0.39, 0.29) is 31.1 Å². The Labute approximate surface area is 491 Å². The van der Waals surface area contributed by atoms with Gasteiger partial charge in [-0.15, -0.1) is 0 Å². The number of carbonyl (C=O) groups excluding carboxylic acids is 3. The Morgan fingerprint density at radius 1 is 0.266 bits per heavy atom. The summed E-state index contributed by atoms with van der Waals surface area (Å²) in [6, 6.07) is 0. The molecule has 0 aromatic heterocycles. The highest BCUT2D eigenvalue weighted by Crippen LogP contribution is 2.18. The molecule has 0 aromatic carbocycles. The van der Waals surface area contributed by atoms with Crippen molar-refractivity contribution in [2.75, 3.05) is 13.2 Å². The molecular formula is C73H130O6. The third kappa shape index (κ3) is 65.5. The van der Waals surface area contributed by atoms with E-state index >= 15 is 0 Å². The van der Waals surface area contributed by atoms with Crippen LogP contribution >= 0.6 is 0 Å². The van der Waals surface area contributed by atoms with Gasteiger partial charge in [-0.25, -0.2) is 0 Å². The summed E-state index contributed by atoms with van der Waals surface area (Å²) in [4.78, 5) is 38.4. The fourth-order valence-corrected chi connectivity index (χ4v) is 10.1. The van der Waals surface area contributed by atoms with Gasteiger partial charge in [-0.1, -0.05) is 318 Å². The van der Waals surface area contributed by atoms with E-state index in [9.17, 15) is 14.4 Å². The van der Waals surface area contributed by atoms with Gasteiger partial charge in [0.15, 0.2) is 6.10 Å². The van der Waals surface area contributed by atoms with Gasteiger partial charge in [0.1, 0.15) is 13.2 Å². The topological polar surface area (TPSA) is 78.9 Å². The Morgan fingerprint density at radius 3 is 0.797 bits per heavy atom. The molecule has 6 heteroatoms. The Balaban J connectivity index is 4.24. The van der Waals surface area contributed by atoms with E-state index in [1.807, 2.05) is 0 Å². The number of hydrogen-bond acceptors (Lipinski definition) is 6. The van der Waals surface area contributed by atoms with Crippen LogP contribution in [0.2, 0.25) is 0 Å². The molecule has 1 atom stereocenters. The standard InChI is InChI=1S/C73H130O6/c1-4-7-10-13-16-19-22-25-28-30-31-32-33-34-35-36-37-38-39-40-41-43-45-48-51-54-57-60-63-66-72(75)78-69-70(68-77-71(74)65-62-59-56-53-50-47-44-27-24-21-18-15-12-9-6-3)79-73(76)67-64-61-58-55-52-49-46-42-29-26-23-20-17-14-11-8-5-2/h8,11,17-18,20-21,26-27,29,44,46,49,70H,4-7,9-10,12-16,19,22-25,28,30-43,45,47-48,50-69H2,1-3H3/b11-8-,20-17-,21-18-,29-26-,44-27-,49-46-. The first-order valence-electron chi connectivity index (χ1n) is 34.4. The lowest BCUT2D eigenvalue weighted by Crippen LogP contribution is -2.30. The summed E-state index contributed by atoms with van der Waals surface area (Å²) >= 11 is 0. The highest BCUT2D eigenvalue weighted by atomic mass is 16.6. The van der Waals surface area contributed by atoms with E-state index < -0.39 is 6.10 Å². The number of carbonyl (C=O) groups is 3. The molecule has 0 fully saturated rings. The molecule has 6 nitrogen and oxygen atoms in total. The lowest BCUT2D eigenvalue weighted by Gasteiger charge is -2.18. The van der Waals surface area contributed by atoms with E-state index in [0.717, 1.165) is 116 Å². The van der Waals surface area contributed by atoms with Crippen LogP contribution in [-0.2, 0) is 28.6 Å². The molecular weight excluding hydrogens is 973 g/mol. The maximum Gasteiger partial charge on any atom is 0.306 e. The van der Waals surface area contributed by atoms with Crippen LogP contribution in [0.15, 0.2) is 72.9 Å². The fraction of sp³-hybridized carbons (Fsp3) is 0.795. The van der Waals surface area contributed by atoms with Crippen LogP contribution in [0.3, 0.4) is 0 Å². The number of hydrogen-bond donors (Lipinski definition) is 0. The van der Waals surface area contributed by atoms with Crippen molar-refractivity contribution in [1.82, 2.24) is 0 Å². The van der Waals surface area contributed by atoms with E-state index in [4.69, 9.17) is 14.2 Å². The molecule has 0 rings (SSSR count). The van der Waals surface area contributed by atoms with Crippen molar-refractivity contribution in [2.45, 2.75) is 361 Å². The summed E-state index contributed by atoms with van der Waals surface area (Å²) in [5, 5.41) is 0. The van der Waals surface area contributed by atoms with Crippen LogP contribution in [0, 0.1) is 0 Å². The minimum atomic E-state index is -0.795. The van der Waals surface area contributed by atoms with E-state index in [1.165, 1.54) is 199 Å². The SMILES string of the molecule is CC/C=C\C/C=C\C/C=C\C/C=C\CCCCCCC(=O)OC(COC(=O)CCCCCCC/C=C\C/C=C\CCCCC)COC(=O)CCCCCCCCCCCCCCCCCCCCCCCCCCCCCCC. The molecule has 0 heterocycles. The average Bonchev–Trinajstić information content (AvgIpc) is 3.45. The maximum absolute atomic E-state index is 12.9. The predicted molar refractivity (Wildman–Crippen MR) is 344 cm³/mol. The van der Waals surface area contributed by atoms with E-state index in [1.54, 1.807) is 0 Å². The zero-order valence-corrected chi connectivity index (χ0v) is 52.6.